The quantitative estimate of drug-likeness (QED) is 0.494. The Balaban J connectivity index is 1.80. The molecule has 0 amide bonds. The predicted octanol–water partition coefficient (Wildman–Crippen LogP) is 6.94. The first-order valence-corrected chi connectivity index (χ1v) is 14.1. The van der Waals surface area contributed by atoms with Gasteiger partial charge in [0.1, 0.15) is 0 Å². The van der Waals surface area contributed by atoms with Crippen LogP contribution >= 0.6 is 0 Å². The van der Waals surface area contributed by atoms with Crippen LogP contribution in [0.1, 0.15) is 58.4 Å². The number of hydrogen-bond donors (Lipinski definition) is 0. The van der Waals surface area contributed by atoms with E-state index in [0.717, 1.165) is 3.63 Å². The average Bonchev–Trinajstić information content (AvgIpc) is 3.31. The molecule has 1 aromatic rings. The van der Waals surface area contributed by atoms with Gasteiger partial charge in [-0.05, 0) is 0 Å². The molecule has 0 aliphatic heterocycles. The van der Waals surface area contributed by atoms with Gasteiger partial charge in [-0.2, -0.15) is 0 Å². The van der Waals surface area contributed by atoms with Crippen LogP contribution in [0.25, 0.3) is 0 Å². The first kappa shape index (κ1) is 18.3. The Hall–Kier alpha value is -1.07. The molecule has 0 aromatic heterocycles. The second-order valence-corrected chi connectivity index (χ2v) is 15.2. The summed E-state index contributed by atoms with van der Waals surface area (Å²) in [4.78, 5) is 0. The molecule has 0 saturated carbocycles. The zero-order chi connectivity index (χ0) is 18.1. The van der Waals surface area contributed by atoms with Crippen LogP contribution in [-0.2, 0) is 21.3 Å². The van der Waals surface area contributed by atoms with Gasteiger partial charge >= 0.3 is 167 Å². The van der Waals surface area contributed by atoms with Crippen LogP contribution in [0.5, 0.6) is 0 Å². The van der Waals surface area contributed by atoms with E-state index in [1.165, 1.54) is 37.7 Å². The molecule has 134 valence electrons. The molecule has 0 N–H and O–H groups in total. The molecule has 4 rings (SSSR count). The summed E-state index contributed by atoms with van der Waals surface area (Å²) in [6.07, 6.45) is 16.8. The molecule has 1 atom stereocenters. The molecule has 0 radical (unpaired) electrons. The van der Waals surface area contributed by atoms with Crippen molar-refractivity contribution in [1.29, 1.82) is 0 Å². The van der Waals surface area contributed by atoms with Crippen LogP contribution in [0.2, 0.25) is 3.63 Å². The molecule has 1 aromatic carbocycles. The van der Waals surface area contributed by atoms with Crippen molar-refractivity contribution in [3.63, 3.8) is 0 Å². The van der Waals surface area contributed by atoms with E-state index in [-0.39, 0.29) is 0 Å². The molecule has 0 fully saturated rings. The third-order valence-corrected chi connectivity index (χ3v) is 14.4. The van der Waals surface area contributed by atoms with E-state index < -0.39 is 21.3 Å². The van der Waals surface area contributed by atoms with Gasteiger partial charge in [-0.3, -0.25) is 0 Å². The molecule has 0 heterocycles. The average molecular weight is 422 g/mol. The van der Waals surface area contributed by atoms with Crippen LogP contribution in [0.15, 0.2) is 74.6 Å². The standard InChI is InChI=1S/C9H11.C8H11.C8H8.Zr/c1-2-5-9-7-3-6-8(9)4-1;1-7(2)8-5-3-4-6-8;1-2-8-6-4-3-5-7-8;/h3,6-7H,1-2,4-5H2;5-7H,3H2,1-2H3;3-7H,1H3;. The summed E-state index contributed by atoms with van der Waals surface area (Å²) in [6, 6.07) is 11.2. The number of rotatable bonds is 4. The Morgan fingerprint density at radius 2 is 1.85 bits per heavy atom. The summed E-state index contributed by atoms with van der Waals surface area (Å²) in [7, 11) is 0. The summed E-state index contributed by atoms with van der Waals surface area (Å²) < 4.78 is 4.30. The van der Waals surface area contributed by atoms with Crippen LogP contribution in [-0.4, -0.2) is 3.21 Å². The Labute approximate surface area is 166 Å². The summed E-state index contributed by atoms with van der Waals surface area (Å²) in [5.41, 5.74) is 6.56. The topological polar surface area (TPSA) is 0 Å². The molecule has 1 heteroatoms. The first-order chi connectivity index (χ1) is 12.6. The van der Waals surface area contributed by atoms with Crippen molar-refractivity contribution in [2.45, 2.75) is 56.5 Å². The van der Waals surface area contributed by atoms with E-state index in [2.05, 4.69) is 75.4 Å². The minimum atomic E-state index is -1.98. The van der Waals surface area contributed by atoms with Crippen molar-refractivity contribution in [1.82, 2.24) is 0 Å². The van der Waals surface area contributed by atoms with Crippen LogP contribution < -0.4 is 0 Å². The summed E-state index contributed by atoms with van der Waals surface area (Å²) in [5.74, 6) is 0.651. The van der Waals surface area contributed by atoms with E-state index in [1.54, 1.807) is 14.4 Å². The van der Waals surface area contributed by atoms with Gasteiger partial charge in [-0.1, -0.05) is 0 Å². The number of allylic oxidation sites excluding steroid dienone is 8. The van der Waals surface area contributed by atoms with Gasteiger partial charge in [-0.25, -0.2) is 0 Å². The van der Waals surface area contributed by atoms with Crippen molar-refractivity contribution in [3.05, 3.63) is 80.2 Å². The fraction of sp³-hybridized carbons (Fsp3) is 0.400. The van der Waals surface area contributed by atoms with Crippen molar-refractivity contribution < 1.29 is 21.3 Å². The fourth-order valence-corrected chi connectivity index (χ4v) is 13.2. The van der Waals surface area contributed by atoms with Gasteiger partial charge in [0.05, 0.1) is 0 Å². The molecular formula is C25H30Zr. The Bertz CT molecular complexity index is 843. The summed E-state index contributed by atoms with van der Waals surface area (Å²) in [5, 5.41) is 0. The predicted molar refractivity (Wildman–Crippen MR) is 110 cm³/mol. The minimum absolute atomic E-state index is 0.651. The second kappa shape index (κ2) is 7.89. The molecule has 0 spiro atoms. The van der Waals surface area contributed by atoms with Crippen molar-refractivity contribution in [2.24, 2.45) is 5.92 Å². The number of hydrogen-bond acceptors (Lipinski definition) is 0. The van der Waals surface area contributed by atoms with E-state index in [0.29, 0.717) is 5.92 Å². The Kier molecular flexibility index (Phi) is 5.56. The SMILES string of the molecule is C/[C](c1ccccc1)=[Zr](/[C]1=CC(C(C)C)=CC1)[CH]1C=CC2=C1CCCC2. The first-order valence-electron chi connectivity index (χ1n) is 10.2. The zero-order valence-corrected chi connectivity index (χ0v) is 18.8. The fourth-order valence-electron chi connectivity index (χ4n) is 4.75. The van der Waals surface area contributed by atoms with Gasteiger partial charge < -0.3 is 0 Å². The van der Waals surface area contributed by atoms with Gasteiger partial charge in [0, 0.05) is 0 Å². The van der Waals surface area contributed by atoms with Crippen LogP contribution in [0.3, 0.4) is 0 Å². The Morgan fingerprint density at radius 3 is 2.58 bits per heavy atom. The van der Waals surface area contributed by atoms with Crippen molar-refractivity contribution >= 4 is 3.21 Å². The summed E-state index contributed by atoms with van der Waals surface area (Å²) in [6.45, 7) is 7.12. The van der Waals surface area contributed by atoms with Crippen LogP contribution in [0.4, 0.5) is 0 Å². The number of benzene rings is 1. The van der Waals surface area contributed by atoms with Gasteiger partial charge in [-0.15, -0.1) is 0 Å². The van der Waals surface area contributed by atoms with Gasteiger partial charge in [0.2, 0.25) is 0 Å². The van der Waals surface area contributed by atoms with Crippen molar-refractivity contribution in [3.8, 4) is 0 Å². The van der Waals surface area contributed by atoms with E-state index >= 15 is 0 Å². The van der Waals surface area contributed by atoms with Gasteiger partial charge in [0.15, 0.2) is 0 Å². The maximum absolute atomic E-state index is 2.60. The van der Waals surface area contributed by atoms with Crippen LogP contribution in [0, 0.1) is 5.92 Å². The molecule has 0 saturated heterocycles. The molecule has 1 unspecified atom stereocenters. The second-order valence-electron chi connectivity index (χ2n) is 8.23. The molecular weight excluding hydrogens is 391 g/mol. The molecule has 3 aliphatic rings. The zero-order valence-electron chi connectivity index (χ0n) is 16.4. The van der Waals surface area contributed by atoms with Crippen molar-refractivity contribution in [2.75, 3.05) is 0 Å². The molecule has 3 aliphatic carbocycles. The molecule has 0 nitrogen and oxygen atoms in total. The van der Waals surface area contributed by atoms with E-state index in [1.807, 2.05) is 8.85 Å². The third-order valence-electron chi connectivity index (χ3n) is 6.25. The normalized spacial score (nSPS) is 23.2. The molecule has 0 bridgehead atoms. The van der Waals surface area contributed by atoms with Gasteiger partial charge in [0.25, 0.3) is 0 Å². The summed E-state index contributed by atoms with van der Waals surface area (Å²) >= 11 is -1.98. The monoisotopic (exact) mass is 420 g/mol. The maximum atomic E-state index is 2.60. The van der Waals surface area contributed by atoms with E-state index in [4.69, 9.17) is 0 Å². The Morgan fingerprint density at radius 1 is 1.08 bits per heavy atom. The molecule has 26 heavy (non-hydrogen) atoms. The third kappa shape index (κ3) is 3.53. The van der Waals surface area contributed by atoms with E-state index in [9.17, 15) is 0 Å².